The number of hydrogen-bond donors (Lipinski definition) is 2. The lowest BCUT2D eigenvalue weighted by Crippen LogP contribution is -2.25. The van der Waals surface area contributed by atoms with Crippen LogP contribution < -0.4 is 10.1 Å². The third-order valence-corrected chi connectivity index (χ3v) is 3.11. The monoisotopic (exact) mass is 331 g/mol. The molecule has 5 heteroatoms. The zero-order chi connectivity index (χ0) is 14.3. The molecular formula is C14H22BrNO3. The molecule has 2 N–H and O–H groups in total. The number of methoxy groups -OCH3 is 1. The summed E-state index contributed by atoms with van der Waals surface area (Å²) in [5.41, 5.74) is 0.906. The number of benzene rings is 1. The normalized spacial score (nSPS) is 12.5. The lowest BCUT2D eigenvalue weighted by atomic mass is 10.2. The summed E-state index contributed by atoms with van der Waals surface area (Å²) in [7, 11) is 1.62. The van der Waals surface area contributed by atoms with E-state index in [4.69, 9.17) is 9.47 Å². The number of anilines is 1. The van der Waals surface area contributed by atoms with Gasteiger partial charge in [-0.05, 0) is 34.0 Å². The second kappa shape index (κ2) is 8.40. The number of aliphatic hydroxyl groups excluding tert-OH is 1. The number of hydrogen-bond acceptors (Lipinski definition) is 4. The molecule has 1 atom stereocenters. The molecule has 1 unspecified atom stereocenters. The van der Waals surface area contributed by atoms with Gasteiger partial charge in [0.05, 0.1) is 24.3 Å². The summed E-state index contributed by atoms with van der Waals surface area (Å²) < 4.78 is 11.5. The summed E-state index contributed by atoms with van der Waals surface area (Å²) in [6.45, 7) is 5.63. The highest BCUT2D eigenvalue weighted by atomic mass is 79.9. The third kappa shape index (κ3) is 6.27. The average molecular weight is 332 g/mol. The van der Waals surface area contributed by atoms with Gasteiger partial charge in [0.25, 0.3) is 0 Å². The Bertz CT molecular complexity index is 385. The van der Waals surface area contributed by atoms with Gasteiger partial charge in [-0.15, -0.1) is 0 Å². The summed E-state index contributed by atoms with van der Waals surface area (Å²) in [5.74, 6) is 1.24. The third-order valence-electron chi connectivity index (χ3n) is 2.45. The van der Waals surface area contributed by atoms with Crippen molar-refractivity contribution in [1.29, 1.82) is 0 Å². The van der Waals surface area contributed by atoms with Crippen LogP contribution in [0.4, 0.5) is 5.69 Å². The number of halogens is 1. The van der Waals surface area contributed by atoms with E-state index in [1.54, 1.807) is 7.11 Å². The highest BCUT2D eigenvalue weighted by Gasteiger charge is 2.06. The predicted molar refractivity (Wildman–Crippen MR) is 80.8 cm³/mol. The van der Waals surface area contributed by atoms with E-state index in [-0.39, 0.29) is 0 Å². The van der Waals surface area contributed by atoms with Gasteiger partial charge in [-0.25, -0.2) is 0 Å². The molecule has 4 nitrogen and oxygen atoms in total. The molecular weight excluding hydrogens is 310 g/mol. The van der Waals surface area contributed by atoms with Crippen molar-refractivity contribution in [2.24, 2.45) is 5.92 Å². The fraction of sp³-hybridized carbons (Fsp3) is 0.571. The maximum Gasteiger partial charge on any atom is 0.135 e. The van der Waals surface area contributed by atoms with Crippen LogP contribution in [0.5, 0.6) is 5.75 Å². The van der Waals surface area contributed by atoms with Gasteiger partial charge >= 0.3 is 0 Å². The number of aliphatic hydroxyl groups is 1. The molecule has 0 saturated heterocycles. The lowest BCUT2D eigenvalue weighted by molar-refractivity contribution is 0.0318. The highest BCUT2D eigenvalue weighted by Crippen LogP contribution is 2.27. The summed E-state index contributed by atoms with van der Waals surface area (Å²) in [5, 5.41) is 12.9. The van der Waals surface area contributed by atoms with Crippen LogP contribution in [-0.2, 0) is 4.74 Å². The standard InChI is InChI=1S/C14H22BrNO3/c1-10(2)8-19-9-12(17)7-16-11-4-5-13(15)14(6-11)18-3/h4-6,10,12,16-17H,7-9H2,1-3H3. The fourth-order valence-corrected chi connectivity index (χ4v) is 1.91. The SMILES string of the molecule is COc1cc(NCC(O)COCC(C)C)ccc1Br. The minimum Gasteiger partial charge on any atom is -0.495 e. The van der Waals surface area contributed by atoms with Crippen molar-refractivity contribution in [3.8, 4) is 5.75 Å². The van der Waals surface area contributed by atoms with Crippen LogP contribution in [0.25, 0.3) is 0 Å². The zero-order valence-electron chi connectivity index (χ0n) is 11.6. The molecule has 0 saturated carbocycles. The van der Waals surface area contributed by atoms with Crippen molar-refractivity contribution < 1.29 is 14.6 Å². The summed E-state index contributed by atoms with van der Waals surface area (Å²) >= 11 is 3.40. The van der Waals surface area contributed by atoms with Gasteiger partial charge in [-0.1, -0.05) is 13.8 Å². The van der Waals surface area contributed by atoms with Crippen molar-refractivity contribution in [1.82, 2.24) is 0 Å². The minimum absolute atomic E-state index is 0.346. The van der Waals surface area contributed by atoms with Gasteiger partial charge in [-0.3, -0.25) is 0 Å². The van der Waals surface area contributed by atoms with Crippen LogP contribution in [0.3, 0.4) is 0 Å². The second-order valence-electron chi connectivity index (χ2n) is 4.82. The maximum absolute atomic E-state index is 9.78. The first-order valence-electron chi connectivity index (χ1n) is 6.36. The largest absolute Gasteiger partial charge is 0.495 e. The van der Waals surface area contributed by atoms with Crippen LogP contribution in [0.1, 0.15) is 13.8 Å². The van der Waals surface area contributed by atoms with Crippen molar-refractivity contribution in [2.45, 2.75) is 20.0 Å². The molecule has 0 aromatic heterocycles. The molecule has 0 spiro atoms. The zero-order valence-corrected chi connectivity index (χ0v) is 13.2. The number of nitrogens with one attached hydrogen (secondary N) is 1. The molecule has 0 amide bonds. The minimum atomic E-state index is -0.520. The van der Waals surface area contributed by atoms with Crippen molar-refractivity contribution in [3.05, 3.63) is 22.7 Å². The molecule has 0 heterocycles. The van der Waals surface area contributed by atoms with Crippen molar-refractivity contribution >= 4 is 21.6 Å². The Kier molecular flexibility index (Phi) is 7.20. The van der Waals surface area contributed by atoms with Gasteiger partial charge in [-0.2, -0.15) is 0 Å². The van der Waals surface area contributed by atoms with Gasteiger partial charge in [0.2, 0.25) is 0 Å². The molecule has 1 rings (SSSR count). The van der Waals surface area contributed by atoms with Gasteiger partial charge in [0, 0.05) is 24.9 Å². The maximum atomic E-state index is 9.78. The summed E-state index contributed by atoms with van der Waals surface area (Å²) in [6, 6.07) is 5.71. The van der Waals surface area contributed by atoms with E-state index in [0.717, 1.165) is 15.9 Å². The molecule has 0 bridgehead atoms. The molecule has 0 aliphatic heterocycles. The van der Waals surface area contributed by atoms with E-state index in [2.05, 4.69) is 35.1 Å². The molecule has 1 aromatic rings. The number of rotatable bonds is 8. The van der Waals surface area contributed by atoms with E-state index in [9.17, 15) is 5.11 Å². The second-order valence-corrected chi connectivity index (χ2v) is 5.67. The molecule has 1 aromatic carbocycles. The predicted octanol–water partition coefficient (Wildman–Crippen LogP) is 2.90. The van der Waals surface area contributed by atoms with Gasteiger partial charge < -0.3 is 19.9 Å². The smallest absolute Gasteiger partial charge is 0.135 e. The average Bonchev–Trinajstić information content (AvgIpc) is 2.37. The van der Waals surface area contributed by atoms with Gasteiger partial charge in [0.15, 0.2) is 0 Å². The highest BCUT2D eigenvalue weighted by molar-refractivity contribution is 9.10. The van der Waals surface area contributed by atoms with E-state index in [1.807, 2.05) is 18.2 Å². The molecule has 0 aliphatic rings. The Morgan fingerprint density at radius 1 is 1.32 bits per heavy atom. The van der Waals surface area contributed by atoms with E-state index in [1.165, 1.54) is 0 Å². The van der Waals surface area contributed by atoms with Crippen LogP contribution in [0.2, 0.25) is 0 Å². The van der Waals surface area contributed by atoms with Crippen LogP contribution in [-0.4, -0.2) is 38.1 Å². The Hall–Kier alpha value is -0.780. The number of ether oxygens (including phenoxy) is 2. The van der Waals surface area contributed by atoms with Crippen LogP contribution in [0, 0.1) is 5.92 Å². The topological polar surface area (TPSA) is 50.7 Å². The lowest BCUT2D eigenvalue weighted by Gasteiger charge is -2.15. The Labute approximate surface area is 123 Å². The van der Waals surface area contributed by atoms with Crippen LogP contribution >= 0.6 is 15.9 Å². The molecule has 108 valence electrons. The quantitative estimate of drug-likeness (QED) is 0.769. The molecule has 0 fully saturated rings. The first-order valence-corrected chi connectivity index (χ1v) is 7.15. The Morgan fingerprint density at radius 2 is 2.05 bits per heavy atom. The Balaban J connectivity index is 2.35. The molecule has 0 aliphatic carbocycles. The summed E-state index contributed by atoms with van der Waals surface area (Å²) in [4.78, 5) is 0. The molecule has 19 heavy (non-hydrogen) atoms. The van der Waals surface area contributed by atoms with Crippen LogP contribution in [0.15, 0.2) is 22.7 Å². The first-order chi connectivity index (χ1) is 9.02. The van der Waals surface area contributed by atoms with Crippen molar-refractivity contribution in [2.75, 3.05) is 32.2 Å². The summed E-state index contributed by atoms with van der Waals surface area (Å²) in [6.07, 6.45) is -0.520. The van der Waals surface area contributed by atoms with Crippen molar-refractivity contribution in [3.63, 3.8) is 0 Å². The van der Waals surface area contributed by atoms with E-state index >= 15 is 0 Å². The Morgan fingerprint density at radius 3 is 2.68 bits per heavy atom. The van der Waals surface area contributed by atoms with E-state index in [0.29, 0.717) is 25.7 Å². The van der Waals surface area contributed by atoms with E-state index < -0.39 is 6.10 Å². The first kappa shape index (κ1) is 16.3. The fourth-order valence-electron chi connectivity index (χ4n) is 1.50. The molecule has 0 radical (unpaired) electrons. The van der Waals surface area contributed by atoms with Gasteiger partial charge in [0.1, 0.15) is 5.75 Å².